The zero-order valence-corrected chi connectivity index (χ0v) is 16.5. The molecule has 0 heterocycles. The molecular formula is C23H42. The number of hydrogen-bond acceptors (Lipinski definition) is 0. The Hall–Kier alpha value is -1.04. The summed E-state index contributed by atoms with van der Waals surface area (Å²) >= 11 is 0. The van der Waals surface area contributed by atoms with Gasteiger partial charge in [0, 0.05) is 0 Å². The zero-order chi connectivity index (χ0) is 17.8. The van der Waals surface area contributed by atoms with Gasteiger partial charge in [-0.25, -0.2) is 0 Å². The summed E-state index contributed by atoms with van der Waals surface area (Å²) in [7, 11) is 0. The van der Waals surface area contributed by atoms with Crippen molar-refractivity contribution in [3.8, 4) is 0 Å². The molecule has 0 spiro atoms. The molecule has 0 rings (SSSR count). The van der Waals surface area contributed by atoms with Crippen LogP contribution in [0.25, 0.3) is 0 Å². The zero-order valence-electron chi connectivity index (χ0n) is 16.5. The molecule has 0 N–H and O–H groups in total. The standard InChI is InChI=1S/C12H22.C11H20/c1-4-7-9-11-12(6-3)10-8-5-2;1-4-6-8-10-11(3)9-7-5-2/h4,11H,1,5-10H2,2-3H3;4,9H,1,5-8,10H2,2-3H3. The largest absolute Gasteiger partial charge is 0.103 e. The maximum atomic E-state index is 3.72. The third kappa shape index (κ3) is 21.0. The molecule has 0 aromatic rings. The minimum Gasteiger partial charge on any atom is -0.103 e. The SMILES string of the molecule is C=CCCC=C(CC)CCCC.C=CCCCC(C)=CCCC. The van der Waals surface area contributed by atoms with E-state index in [0.717, 1.165) is 12.8 Å². The predicted octanol–water partition coefficient (Wildman–Crippen LogP) is 8.57. The van der Waals surface area contributed by atoms with E-state index < -0.39 is 0 Å². The molecule has 0 aliphatic heterocycles. The average molecular weight is 319 g/mol. The first-order chi connectivity index (χ1) is 11.2. The van der Waals surface area contributed by atoms with E-state index in [1.54, 1.807) is 5.57 Å². The summed E-state index contributed by atoms with van der Waals surface area (Å²) in [5.74, 6) is 0. The molecule has 0 amide bonds. The van der Waals surface area contributed by atoms with Crippen LogP contribution in [0.3, 0.4) is 0 Å². The molecule has 0 nitrogen and oxygen atoms in total. The second-order valence-corrected chi connectivity index (χ2v) is 6.21. The summed E-state index contributed by atoms with van der Waals surface area (Å²) in [6.07, 6.45) is 22.3. The normalized spacial score (nSPS) is 11.7. The summed E-state index contributed by atoms with van der Waals surface area (Å²) in [6.45, 7) is 16.3. The van der Waals surface area contributed by atoms with Crippen LogP contribution in [0.4, 0.5) is 0 Å². The highest BCUT2D eigenvalue weighted by Gasteiger charge is 1.92. The number of rotatable bonds is 13. The molecule has 0 fully saturated rings. The van der Waals surface area contributed by atoms with Crippen LogP contribution >= 0.6 is 0 Å². The second kappa shape index (κ2) is 21.0. The van der Waals surface area contributed by atoms with Gasteiger partial charge in [-0.2, -0.15) is 0 Å². The summed E-state index contributed by atoms with van der Waals surface area (Å²) in [5, 5.41) is 0. The lowest BCUT2D eigenvalue weighted by Crippen LogP contribution is -1.82. The third-order valence-corrected chi connectivity index (χ3v) is 3.87. The molecule has 0 heteroatoms. The van der Waals surface area contributed by atoms with Gasteiger partial charge in [0.2, 0.25) is 0 Å². The first kappa shape index (κ1) is 24.2. The number of allylic oxidation sites excluding steroid dienone is 6. The molecule has 0 aliphatic carbocycles. The molecule has 134 valence electrons. The summed E-state index contributed by atoms with van der Waals surface area (Å²) in [5.41, 5.74) is 3.16. The van der Waals surface area contributed by atoms with E-state index >= 15 is 0 Å². The van der Waals surface area contributed by atoms with E-state index in [1.807, 2.05) is 12.2 Å². The fourth-order valence-electron chi connectivity index (χ4n) is 2.25. The van der Waals surface area contributed by atoms with E-state index in [0.29, 0.717) is 0 Å². The lowest BCUT2D eigenvalue weighted by atomic mass is 10.0. The Kier molecular flexibility index (Phi) is 22.1. The molecule has 0 atom stereocenters. The van der Waals surface area contributed by atoms with Gasteiger partial charge in [0.1, 0.15) is 0 Å². The van der Waals surface area contributed by atoms with Crippen LogP contribution in [-0.2, 0) is 0 Å². The monoisotopic (exact) mass is 318 g/mol. The predicted molar refractivity (Wildman–Crippen MR) is 110 cm³/mol. The van der Waals surface area contributed by atoms with E-state index in [2.05, 4.69) is 53.0 Å². The van der Waals surface area contributed by atoms with Crippen LogP contribution in [0, 0.1) is 0 Å². The summed E-state index contributed by atoms with van der Waals surface area (Å²) in [4.78, 5) is 0. The Morgan fingerprint density at radius 3 is 1.96 bits per heavy atom. The van der Waals surface area contributed by atoms with Crippen molar-refractivity contribution in [1.82, 2.24) is 0 Å². The third-order valence-electron chi connectivity index (χ3n) is 3.87. The molecule has 0 radical (unpaired) electrons. The van der Waals surface area contributed by atoms with Crippen molar-refractivity contribution in [3.63, 3.8) is 0 Å². The Balaban J connectivity index is 0. The Bertz CT molecular complexity index is 317. The van der Waals surface area contributed by atoms with Gasteiger partial charge in [-0.15, -0.1) is 13.2 Å². The van der Waals surface area contributed by atoms with E-state index in [1.165, 1.54) is 63.4 Å². The first-order valence-electron chi connectivity index (χ1n) is 9.71. The van der Waals surface area contributed by atoms with Crippen molar-refractivity contribution in [3.05, 3.63) is 48.6 Å². The fourth-order valence-corrected chi connectivity index (χ4v) is 2.25. The molecule has 0 aromatic heterocycles. The van der Waals surface area contributed by atoms with Crippen LogP contribution in [0.5, 0.6) is 0 Å². The molecule has 0 aromatic carbocycles. The maximum Gasteiger partial charge on any atom is -0.0313 e. The molecule has 0 bridgehead atoms. The fraction of sp³-hybridized carbons (Fsp3) is 0.652. The molecule has 0 unspecified atom stereocenters. The lowest BCUT2D eigenvalue weighted by molar-refractivity contribution is 0.760. The Labute approximate surface area is 147 Å². The van der Waals surface area contributed by atoms with Crippen LogP contribution in [-0.4, -0.2) is 0 Å². The quantitative estimate of drug-likeness (QED) is 0.235. The Morgan fingerprint density at radius 1 is 0.739 bits per heavy atom. The molecule has 0 saturated heterocycles. The van der Waals surface area contributed by atoms with E-state index in [4.69, 9.17) is 0 Å². The van der Waals surface area contributed by atoms with Gasteiger partial charge in [-0.05, 0) is 64.7 Å². The van der Waals surface area contributed by atoms with Crippen LogP contribution in [0.15, 0.2) is 48.6 Å². The smallest absolute Gasteiger partial charge is 0.0313 e. The lowest BCUT2D eigenvalue weighted by Gasteiger charge is -2.02. The molecule has 23 heavy (non-hydrogen) atoms. The highest BCUT2D eigenvalue weighted by atomic mass is 14.0. The van der Waals surface area contributed by atoms with Crippen LogP contribution in [0.1, 0.15) is 98.3 Å². The molecular weight excluding hydrogens is 276 g/mol. The Morgan fingerprint density at radius 2 is 1.43 bits per heavy atom. The van der Waals surface area contributed by atoms with Crippen molar-refractivity contribution < 1.29 is 0 Å². The van der Waals surface area contributed by atoms with Crippen molar-refractivity contribution >= 4 is 0 Å². The summed E-state index contributed by atoms with van der Waals surface area (Å²) < 4.78 is 0. The van der Waals surface area contributed by atoms with Crippen molar-refractivity contribution in [2.45, 2.75) is 98.3 Å². The van der Waals surface area contributed by atoms with Crippen molar-refractivity contribution in [2.75, 3.05) is 0 Å². The highest BCUT2D eigenvalue weighted by molar-refractivity contribution is 5.01. The van der Waals surface area contributed by atoms with E-state index in [9.17, 15) is 0 Å². The first-order valence-corrected chi connectivity index (χ1v) is 9.71. The van der Waals surface area contributed by atoms with Gasteiger partial charge >= 0.3 is 0 Å². The van der Waals surface area contributed by atoms with Gasteiger partial charge in [-0.1, -0.05) is 69.1 Å². The summed E-state index contributed by atoms with van der Waals surface area (Å²) in [6, 6.07) is 0. The van der Waals surface area contributed by atoms with Gasteiger partial charge in [0.25, 0.3) is 0 Å². The topological polar surface area (TPSA) is 0 Å². The minimum atomic E-state index is 1.12. The second-order valence-electron chi connectivity index (χ2n) is 6.21. The van der Waals surface area contributed by atoms with Crippen molar-refractivity contribution in [1.29, 1.82) is 0 Å². The van der Waals surface area contributed by atoms with Crippen LogP contribution < -0.4 is 0 Å². The molecule has 0 aliphatic rings. The van der Waals surface area contributed by atoms with Crippen molar-refractivity contribution in [2.24, 2.45) is 0 Å². The average Bonchev–Trinajstić information content (AvgIpc) is 2.57. The molecule has 0 saturated carbocycles. The highest BCUT2D eigenvalue weighted by Crippen LogP contribution is 2.12. The van der Waals surface area contributed by atoms with Gasteiger partial charge < -0.3 is 0 Å². The number of hydrogen-bond donors (Lipinski definition) is 0. The maximum absolute atomic E-state index is 3.72. The van der Waals surface area contributed by atoms with Gasteiger partial charge in [0.05, 0.1) is 0 Å². The number of unbranched alkanes of at least 4 members (excludes halogenated alkanes) is 4. The van der Waals surface area contributed by atoms with E-state index in [-0.39, 0.29) is 0 Å². The van der Waals surface area contributed by atoms with Gasteiger partial charge in [0.15, 0.2) is 0 Å². The van der Waals surface area contributed by atoms with Gasteiger partial charge in [-0.3, -0.25) is 0 Å². The van der Waals surface area contributed by atoms with Crippen LogP contribution in [0.2, 0.25) is 0 Å². The minimum absolute atomic E-state index is 1.12.